The molecule has 0 spiro atoms. The third kappa shape index (κ3) is 3.90. The minimum absolute atomic E-state index is 0.0356. The molecule has 1 aromatic carbocycles. The number of hydrogen-bond acceptors (Lipinski definition) is 2. The fourth-order valence-corrected chi connectivity index (χ4v) is 1.19. The lowest BCUT2D eigenvalue weighted by atomic mass is 9.95. The van der Waals surface area contributed by atoms with Gasteiger partial charge < -0.3 is 10.5 Å². The van der Waals surface area contributed by atoms with Crippen molar-refractivity contribution >= 4 is 23.2 Å². The fraction of sp³-hybridized carbons (Fsp3) is 0.455. The van der Waals surface area contributed by atoms with Gasteiger partial charge in [0.05, 0.1) is 16.7 Å². The average molecular weight is 248 g/mol. The highest BCUT2D eigenvalue weighted by Crippen LogP contribution is 2.27. The lowest BCUT2D eigenvalue weighted by molar-refractivity contribution is 0.187. The second-order valence-corrected chi connectivity index (χ2v) is 5.05. The van der Waals surface area contributed by atoms with Gasteiger partial charge in [0.1, 0.15) is 5.75 Å². The third-order valence-electron chi connectivity index (χ3n) is 2.07. The van der Waals surface area contributed by atoms with Crippen LogP contribution >= 0.6 is 23.2 Å². The predicted molar refractivity (Wildman–Crippen MR) is 64.8 cm³/mol. The van der Waals surface area contributed by atoms with Crippen molar-refractivity contribution in [1.29, 1.82) is 0 Å². The van der Waals surface area contributed by atoms with E-state index >= 15 is 0 Å². The maximum Gasteiger partial charge on any atom is 0.120 e. The molecule has 0 unspecified atom stereocenters. The molecule has 15 heavy (non-hydrogen) atoms. The van der Waals surface area contributed by atoms with Crippen LogP contribution < -0.4 is 10.5 Å². The molecule has 0 saturated heterocycles. The zero-order valence-corrected chi connectivity index (χ0v) is 10.4. The topological polar surface area (TPSA) is 35.2 Å². The summed E-state index contributed by atoms with van der Waals surface area (Å²) in [6.45, 7) is 5.23. The van der Waals surface area contributed by atoms with E-state index in [1.54, 1.807) is 18.2 Å². The van der Waals surface area contributed by atoms with Gasteiger partial charge in [0.2, 0.25) is 0 Å². The zero-order valence-electron chi connectivity index (χ0n) is 8.89. The molecule has 1 aromatic rings. The summed E-state index contributed by atoms with van der Waals surface area (Å²) >= 11 is 11.7. The smallest absolute Gasteiger partial charge is 0.120 e. The molecule has 0 heterocycles. The van der Waals surface area contributed by atoms with Crippen molar-refractivity contribution in [1.82, 2.24) is 0 Å². The van der Waals surface area contributed by atoms with Crippen LogP contribution in [0.25, 0.3) is 0 Å². The molecule has 2 N–H and O–H groups in total. The SMILES string of the molecule is CC(C)(CN)COc1ccc(Cl)c(Cl)c1. The Labute approximate surface area is 100 Å². The summed E-state index contributed by atoms with van der Waals surface area (Å²) < 4.78 is 5.57. The van der Waals surface area contributed by atoms with Crippen LogP contribution in [0.15, 0.2) is 18.2 Å². The van der Waals surface area contributed by atoms with Crippen molar-refractivity contribution in [3.8, 4) is 5.75 Å². The van der Waals surface area contributed by atoms with Crippen LogP contribution in [0.1, 0.15) is 13.8 Å². The molecule has 0 aliphatic rings. The van der Waals surface area contributed by atoms with Gasteiger partial charge in [-0.25, -0.2) is 0 Å². The minimum atomic E-state index is -0.0356. The number of benzene rings is 1. The molecule has 0 atom stereocenters. The van der Waals surface area contributed by atoms with Crippen molar-refractivity contribution in [2.75, 3.05) is 13.2 Å². The van der Waals surface area contributed by atoms with Crippen LogP contribution in [0, 0.1) is 5.41 Å². The molecule has 0 bridgehead atoms. The van der Waals surface area contributed by atoms with Gasteiger partial charge in [-0.2, -0.15) is 0 Å². The molecular formula is C11H15Cl2NO. The van der Waals surface area contributed by atoms with E-state index in [0.29, 0.717) is 28.9 Å². The Bertz CT molecular complexity index is 339. The van der Waals surface area contributed by atoms with Crippen LogP contribution in [-0.4, -0.2) is 13.2 Å². The molecule has 0 saturated carbocycles. The van der Waals surface area contributed by atoms with Crippen molar-refractivity contribution in [2.24, 2.45) is 11.1 Å². The summed E-state index contributed by atoms with van der Waals surface area (Å²) in [4.78, 5) is 0. The molecule has 0 radical (unpaired) electrons. The van der Waals surface area contributed by atoms with Gasteiger partial charge in [0, 0.05) is 18.0 Å². The first kappa shape index (κ1) is 12.6. The highest BCUT2D eigenvalue weighted by atomic mass is 35.5. The van der Waals surface area contributed by atoms with Crippen LogP contribution in [0.4, 0.5) is 0 Å². The molecule has 0 fully saturated rings. The number of ether oxygens (including phenoxy) is 1. The zero-order chi connectivity index (χ0) is 11.5. The molecule has 2 nitrogen and oxygen atoms in total. The van der Waals surface area contributed by atoms with Crippen LogP contribution in [-0.2, 0) is 0 Å². The van der Waals surface area contributed by atoms with Crippen molar-refractivity contribution in [3.63, 3.8) is 0 Å². The Balaban J connectivity index is 2.62. The summed E-state index contributed by atoms with van der Waals surface area (Å²) in [5.74, 6) is 0.714. The molecular weight excluding hydrogens is 233 g/mol. The standard InChI is InChI=1S/C11H15Cl2NO/c1-11(2,6-14)7-15-8-3-4-9(12)10(13)5-8/h3-5H,6-7,14H2,1-2H3. The molecule has 1 rings (SSSR count). The monoisotopic (exact) mass is 247 g/mol. The molecule has 0 aliphatic heterocycles. The molecule has 0 amide bonds. The van der Waals surface area contributed by atoms with E-state index in [2.05, 4.69) is 0 Å². The summed E-state index contributed by atoms with van der Waals surface area (Å²) in [6, 6.07) is 5.21. The number of hydrogen-bond donors (Lipinski definition) is 1. The largest absolute Gasteiger partial charge is 0.493 e. The first-order valence-electron chi connectivity index (χ1n) is 4.72. The van der Waals surface area contributed by atoms with Crippen LogP contribution in [0.5, 0.6) is 5.75 Å². The Hall–Kier alpha value is -0.440. The van der Waals surface area contributed by atoms with Gasteiger partial charge in [0.15, 0.2) is 0 Å². The first-order chi connectivity index (χ1) is 6.94. The summed E-state index contributed by atoms with van der Waals surface area (Å²) in [5, 5.41) is 1.03. The van der Waals surface area contributed by atoms with Gasteiger partial charge >= 0.3 is 0 Å². The van der Waals surface area contributed by atoms with Gasteiger partial charge in [-0.15, -0.1) is 0 Å². The van der Waals surface area contributed by atoms with Crippen molar-refractivity contribution in [3.05, 3.63) is 28.2 Å². The van der Waals surface area contributed by atoms with E-state index in [1.165, 1.54) is 0 Å². The maximum atomic E-state index is 5.86. The lowest BCUT2D eigenvalue weighted by Crippen LogP contribution is -2.30. The van der Waals surface area contributed by atoms with E-state index in [-0.39, 0.29) is 5.41 Å². The number of rotatable bonds is 4. The van der Waals surface area contributed by atoms with E-state index < -0.39 is 0 Å². The summed E-state index contributed by atoms with van der Waals surface area (Å²) in [7, 11) is 0. The third-order valence-corrected chi connectivity index (χ3v) is 2.81. The summed E-state index contributed by atoms with van der Waals surface area (Å²) in [6.07, 6.45) is 0. The molecule has 4 heteroatoms. The first-order valence-corrected chi connectivity index (χ1v) is 5.48. The Morgan fingerprint density at radius 2 is 1.93 bits per heavy atom. The maximum absolute atomic E-state index is 5.86. The van der Waals surface area contributed by atoms with Gasteiger partial charge in [-0.3, -0.25) is 0 Å². The number of halogens is 2. The van der Waals surface area contributed by atoms with E-state index in [0.717, 1.165) is 0 Å². The van der Waals surface area contributed by atoms with E-state index in [9.17, 15) is 0 Å². The van der Waals surface area contributed by atoms with Gasteiger partial charge in [-0.05, 0) is 12.1 Å². The predicted octanol–water partition coefficient (Wildman–Crippen LogP) is 3.36. The second-order valence-electron chi connectivity index (χ2n) is 4.23. The van der Waals surface area contributed by atoms with Gasteiger partial charge in [0.25, 0.3) is 0 Å². The van der Waals surface area contributed by atoms with Crippen molar-refractivity contribution < 1.29 is 4.74 Å². The quantitative estimate of drug-likeness (QED) is 0.886. The summed E-state index contributed by atoms with van der Waals surface area (Å²) in [5.41, 5.74) is 5.56. The van der Waals surface area contributed by atoms with Gasteiger partial charge in [-0.1, -0.05) is 37.0 Å². The average Bonchev–Trinajstić information content (AvgIpc) is 2.20. The Morgan fingerprint density at radius 3 is 2.47 bits per heavy atom. The van der Waals surface area contributed by atoms with Crippen LogP contribution in [0.3, 0.4) is 0 Å². The Kier molecular flexibility index (Phi) is 4.26. The highest BCUT2D eigenvalue weighted by Gasteiger charge is 2.16. The fourth-order valence-electron chi connectivity index (χ4n) is 0.904. The molecule has 84 valence electrons. The molecule has 0 aromatic heterocycles. The highest BCUT2D eigenvalue weighted by molar-refractivity contribution is 6.42. The van der Waals surface area contributed by atoms with E-state index in [1.807, 2.05) is 13.8 Å². The second kappa shape index (κ2) is 5.06. The van der Waals surface area contributed by atoms with Crippen LogP contribution in [0.2, 0.25) is 10.0 Å². The molecule has 0 aliphatic carbocycles. The minimum Gasteiger partial charge on any atom is -0.493 e. The normalized spacial score (nSPS) is 11.5. The lowest BCUT2D eigenvalue weighted by Gasteiger charge is -2.22. The number of nitrogens with two attached hydrogens (primary N) is 1. The van der Waals surface area contributed by atoms with Crippen molar-refractivity contribution in [2.45, 2.75) is 13.8 Å². The van der Waals surface area contributed by atoms with E-state index in [4.69, 9.17) is 33.7 Å². The Morgan fingerprint density at radius 1 is 1.27 bits per heavy atom.